The third kappa shape index (κ3) is 12.5. The molecule has 0 aromatic heterocycles. The second-order valence-corrected chi connectivity index (χ2v) is 2.51. The molecule has 0 aliphatic heterocycles. The maximum Gasteiger partial charge on any atom is 0.292 e. The second kappa shape index (κ2) is 15.0. The van der Waals surface area contributed by atoms with Gasteiger partial charge in [0.2, 0.25) is 0 Å². The third-order valence-corrected chi connectivity index (χ3v) is 1.41. The zero-order chi connectivity index (χ0) is 11.9. The van der Waals surface area contributed by atoms with Crippen LogP contribution in [0.1, 0.15) is 40.5 Å². The molecule has 2 nitrogen and oxygen atoms in total. The Kier molecular flexibility index (Phi) is 16.0. The molecule has 0 spiro atoms. The van der Waals surface area contributed by atoms with Crippen molar-refractivity contribution in [3.8, 4) is 12.0 Å². The van der Waals surface area contributed by atoms with E-state index < -0.39 is 0 Å². The molecule has 0 aliphatic carbocycles. The van der Waals surface area contributed by atoms with Crippen LogP contribution in [0.2, 0.25) is 0 Å². The van der Waals surface area contributed by atoms with E-state index >= 15 is 0 Å². The fourth-order valence-corrected chi connectivity index (χ4v) is 0.541. The van der Waals surface area contributed by atoms with Crippen molar-refractivity contribution in [2.75, 3.05) is 0 Å². The predicted molar refractivity (Wildman–Crippen MR) is 64.6 cm³/mol. The molecule has 0 N–H and O–H groups in total. The quantitative estimate of drug-likeness (QED) is 0.674. The van der Waals surface area contributed by atoms with Gasteiger partial charge in [-0.2, -0.15) is 0 Å². The number of para-hydroxylation sites is 1. The molecular formula is C13H21NO. The molecule has 1 rings (SSSR count). The Morgan fingerprint density at radius 2 is 1.53 bits per heavy atom. The summed E-state index contributed by atoms with van der Waals surface area (Å²) in [6.45, 7) is 8.36. The minimum atomic E-state index is 0.583. The summed E-state index contributed by atoms with van der Waals surface area (Å²) in [5.74, 6) is 0.583. The number of nitrogens with zero attached hydrogens (tertiary/aromatic N) is 1. The summed E-state index contributed by atoms with van der Waals surface area (Å²) in [4.78, 5) is 0. The maximum absolute atomic E-state index is 8.05. The molecule has 0 bridgehead atoms. The van der Waals surface area contributed by atoms with E-state index in [-0.39, 0.29) is 0 Å². The molecule has 0 amide bonds. The van der Waals surface area contributed by atoms with Crippen molar-refractivity contribution in [3.63, 3.8) is 0 Å². The zero-order valence-electron chi connectivity index (χ0n) is 10.2. The SMILES string of the molecule is CC.CCCC.N#COc1ccccc1. The molecular weight excluding hydrogens is 186 g/mol. The summed E-state index contributed by atoms with van der Waals surface area (Å²) in [6, 6.07) is 8.94. The number of nitriles is 1. The third-order valence-electron chi connectivity index (χ3n) is 1.41. The molecule has 0 fully saturated rings. The Morgan fingerprint density at radius 1 is 1.07 bits per heavy atom. The Hall–Kier alpha value is -1.49. The van der Waals surface area contributed by atoms with Gasteiger partial charge in [-0.3, -0.25) is 0 Å². The highest BCUT2D eigenvalue weighted by atomic mass is 16.5. The van der Waals surface area contributed by atoms with E-state index in [0.29, 0.717) is 5.75 Å². The molecule has 0 saturated heterocycles. The Balaban J connectivity index is 0. The first-order valence-electron chi connectivity index (χ1n) is 5.46. The van der Waals surface area contributed by atoms with Crippen LogP contribution in [0, 0.1) is 11.5 Å². The van der Waals surface area contributed by atoms with Gasteiger partial charge >= 0.3 is 0 Å². The average Bonchev–Trinajstić information content (AvgIpc) is 2.34. The molecule has 0 atom stereocenters. The van der Waals surface area contributed by atoms with Crippen LogP contribution in [-0.2, 0) is 0 Å². The Labute approximate surface area is 93.5 Å². The molecule has 15 heavy (non-hydrogen) atoms. The number of hydrogen-bond donors (Lipinski definition) is 0. The summed E-state index contributed by atoms with van der Waals surface area (Å²) < 4.78 is 4.51. The van der Waals surface area contributed by atoms with Crippen molar-refractivity contribution in [1.29, 1.82) is 5.26 Å². The van der Waals surface area contributed by atoms with E-state index in [9.17, 15) is 0 Å². The van der Waals surface area contributed by atoms with Gasteiger partial charge < -0.3 is 4.74 Å². The summed E-state index contributed by atoms with van der Waals surface area (Å²) in [5, 5.41) is 8.05. The molecule has 84 valence electrons. The second-order valence-electron chi connectivity index (χ2n) is 2.51. The number of ether oxygens (including phenoxy) is 1. The van der Waals surface area contributed by atoms with Gasteiger partial charge in [-0.05, 0) is 12.1 Å². The lowest BCUT2D eigenvalue weighted by molar-refractivity contribution is 0.507. The molecule has 0 saturated carbocycles. The monoisotopic (exact) mass is 207 g/mol. The van der Waals surface area contributed by atoms with Crippen LogP contribution in [0.15, 0.2) is 30.3 Å². The van der Waals surface area contributed by atoms with Gasteiger partial charge in [-0.25, -0.2) is 0 Å². The van der Waals surface area contributed by atoms with Gasteiger partial charge in [-0.15, -0.1) is 5.26 Å². The first-order chi connectivity index (χ1) is 7.35. The van der Waals surface area contributed by atoms with E-state index in [2.05, 4.69) is 18.6 Å². The first kappa shape index (κ1) is 16.0. The molecule has 0 heterocycles. The fourth-order valence-electron chi connectivity index (χ4n) is 0.541. The van der Waals surface area contributed by atoms with Gasteiger partial charge in [0, 0.05) is 0 Å². The van der Waals surface area contributed by atoms with Crippen molar-refractivity contribution >= 4 is 0 Å². The van der Waals surface area contributed by atoms with Gasteiger partial charge in [0.25, 0.3) is 6.26 Å². The van der Waals surface area contributed by atoms with Crippen molar-refractivity contribution in [2.24, 2.45) is 0 Å². The van der Waals surface area contributed by atoms with Crippen molar-refractivity contribution in [3.05, 3.63) is 30.3 Å². The number of rotatable bonds is 2. The van der Waals surface area contributed by atoms with Gasteiger partial charge in [-0.1, -0.05) is 58.7 Å². The highest BCUT2D eigenvalue weighted by Gasteiger charge is 1.84. The van der Waals surface area contributed by atoms with Gasteiger partial charge in [0.05, 0.1) is 0 Å². The van der Waals surface area contributed by atoms with Crippen LogP contribution in [0.3, 0.4) is 0 Å². The van der Waals surface area contributed by atoms with Crippen molar-refractivity contribution in [1.82, 2.24) is 0 Å². The van der Waals surface area contributed by atoms with Gasteiger partial charge in [0.1, 0.15) is 5.75 Å². The van der Waals surface area contributed by atoms with Crippen LogP contribution < -0.4 is 4.74 Å². The van der Waals surface area contributed by atoms with Crippen molar-refractivity contribution < 1.29 is 4.74 Å². The molecule has 1 aromatic carbocycles. The summed E-state index contributed by atoms with van der Waals surface area (Å²) >= 11 is 0. The maximum atomic E-state index is 8.05. The molecule has 0 radical (unpaired) electrons. The molecule has 2 heteroatoms. The fraction of sp³-hybridized carbons (Fsp3) is 0.462. The predicted octanol–water partition coefficient (Wildman–Crippen LogP) is 4.38. The van der Waals surface area contributed by atoms with Crippen LogP contribution in [0.4, 0.5) is 0 Å². The standard InChI is InChI=1S/C7H5NO.C4H10.C2H6/c8-6-9-7-4-2-1-3-5-7;1-3-4-2;1-2/h1-5H;3-4H2,1-2H3;1-2H3. The van der Waals surface area contributed by atoms with Crippen LogP contribution in [0.25, 0.3) is 0 Å². The van der Waals surface area contributed by atoms with Crippen LogP contribution in [-0.4, -0.2) is 0 Å². The highest BCUT2D eigenvalue weighted by Crippen LogP contribution is 2.06. The summed E-state index contributed by atoms with van der Waals surface area (Å²) in [6.07, 6.45) is 4.22. The average molecular weight is 207 g/mol. The molecule has 0 unspecified atom stereocenters. The minimum absolute atomic E-state index is 0.583. The lowest BCUT2D eigenvalue weighted by Gasteiger charge is -1.89. The van der Waals surface area contributed by atoms with E-state index in [1.165, 1.54) is 12.8 Å². The van der Waals surface area contributed by atoms with E-state index in [1.54, 1.807) is 18.4 Å². The Bertz CT molecular complexity index is 236. The lowest BCUT2D eigenvalue weighted by atomic mass is 10.3. The molecule has 0 aliphatic rings. The smallest absolute Gasteiger partial charge is 0.292 e. The number of unbranched alkanes of at least 4 members (excludes halogenated alkanes) is 1. The van der Waals surface area contributed by atoms with Crippen LogP contribution in [0.5, 0.6) is 5.75 Å². The highest BCUT2D eigenvalue weighted by molar-refractivity contribution is 5.21. The topological polar surface area (TPSA) is 33.0 Å². The van der Waals surface area contributed by atoms with E-state index in [4.69, 9.17) is 5.26 Å². The molecule has 1 aromatic rings. The lowest BCUT2D eigenvalue weighted by Crippen LogP contribution is -1.78. The largest absolute Gasteiger partial charge is 0.388 e. The van der Waals surface area contributed by atoms with Crippen LogP contribution >= 0.6 is 0 Å². The summed E-state index contributed by atoms with van der Waals surface area (Å²) in [5.41, 5.74) is 0. The normalized spacial score (nSPS) is 7.13. The van der Waals surface area contributed by atoms with E-state index in [1.807, 2.05) is 32.0 Å². The van der Waals surface area contributed by atoms with E-state index in [0.717, 1.165) is 0 Å². The Morgan fingerprint density at radius 3 is 1.87 bits per heavy atom. The number of hydrogen-bond acceptors (Lipinski definition) is 2. The first-order valence-corrected chi connectivity index (χ1v) is 5.46. The number of benzene rings is 1. The summed E-state index contributed by atoms with van der Waals surface area (Å²) in [7, 11) is 0. The zero-order valence-corrected chi connectivity index (χ0v) is 10.2. The van der Waals surface area contributed by atoms with Gasteiger partial charge in [0.15, 0.2) is 0 Å². The minimum Gasteiger partial charge on any atom is -0.388 e. The van der Waals surface area contributed by atoms with Crippen molar-refractivity contribution in [2.45, 2.75) is 40.5 Å².